The molecule has 4 nitrogen and oxygen atoms in total. The molecule has 2 heterocycles. The number of carboxylic acid groups (broad SMARTS) is 1. The molecule has 0 unspecified atom stereocenters. The molecule has 0 atom stereocenters. The van der Waals surface area contributed by atoms with Gasteiger partial charge in [0, 0.05) is 13.5 Å². The van der Waals surface area contributed by atoms with Crippen LogP contribution in [-0.4, -0.2) is 40.4 Å². The Morgan fingerprint density at radius 2 is 1.93 bits per heavy atom. The minimum Gasteiger partial charge on any atom is -0.479 e. The zero-order valence-electron chi connectivity index (χ0n) is 8.17. The highest BCUT2D eigenvalue weighted by molar-refractivity contribution is 5.89. The number of fused-ring (bicyclic) bond motifs is 1. The second-order valence-corrected chi connectivity index (χ2v) is 4.46. The standard InChI is InChI=1S/C9H11F2NO3/c1-5(13)12-4-8(6(10)11)2-9(12,3-8)7(14)15/h6H,2-4H2,1H3,(H,14,15). The van der Waals surface area contributed by atoms with Crippen molar-refractivity contribution in [3.63, 3.8) is 0 Å². The predicted octanol–water partition coefficient (Wildman–Crippen LogP) is 0.717. The summed E-state index contributed by atoms with van der Waals surface area (Å²) >= 11 is 0. The van der Waals surface area contributed by atoms with Crippen molar-refractivity contribution < 1.29 is 23.5 Å². The lowest BCUT2D eigenvalue weighted by Gasteiger charge is -2.43. The molecule has 0 aromatic carbocycles. The average molecular weight is 219 g/mol. The molecule has 15 heavy (non-hydrogen) atoms. The molecule has 1 amide bonds. The first kappa shape index (κ1) is 10.3. The van der Waals surface area contributed by atoms with Crippen molar-refractivity contribution in [2.45, 2.75) is 31.7 Å². The van der Waals surface area contributed by atoms with E-state index < -0.39 is 29.3 Å². The number of hydrogen-bond acceptors (Lipinski definition) is 2. The van der Waals surface area contributed by atoms with Crippen molar-refractivity contribution in [2.24, 2.45) is 5.41 Å². The third-order valence-electron chi connectivity index (χ3n) is 3.52. The summed E-state index contributed by atoms with van der Waals surface area (Å²) in [5, 5.41) is 8.99. The quantitative estimate of drug-likeness (QED) is 0.744. The zero-order valence-corrected chi connectivity index (χ0v) is 8.17. The second-order valence-electron chi connectivity index (χ2n) is 4.46. The van der Waals surface area contributed by atoms with Crippen LogP contribution >= 0.6 is 0 Å². The number of carbonyl (C=O) groups excluding carboxylic acids is 1. The van der Waals surface area contributed by atoms with E-state index >= 15 is 0 Å². The van der Waals surface area contributed by atoms with Crippen molar-refractivity contribution in [1.82, 2.24) is 4.90 Å². The van der Waals surface area contributed by atoms with Gasteiger partial charge >= 0.3 is 5.97 Å². The van der Waals surface area contributed by atoms with Crippen LogP contribution in [0.1, 0.15) is 19.8 Å². The molecular weight excluding hydrogens is 208 g/mol. The van der Waals surface area contributed by atoms with Crippen LogP contribution < -0.4 is 0 Å². The lowest BCUT2D eigenvalue weighted by molar-refractivity contribution is -0.163. The van der Waals surface area contributed by atoms with E-state index in [9.17, 15) is 18.4 Å². The maximum absolute atomic E-state index is 12.7. The first-order valence-electron chi connectivity index (χ1n) is 4.64. The second kappa shape index (κ2) is 2.68. The zero-order chi connectivity index (χ0) is 11.4. The van der Waals surface area contributed by atoms with Gasteiger partial charge in [0.2, 0.25) is 12.3 Å². The summed E-state index contributed by atoms with van der Waals surface area (Å²) in [6.07, 6.45) is -2.80. The molecule has 3 fully saturated rings. The summed E-state index contributed by atoms with van der Waals surface area (Å²) in [6, 6.07) is 0. The van der Waals surface area contributed by atoms with Crippen molar-refractivity contribution >= 4 is 11.9 Å². The minimum absolute atomic E-state index is 0.118. The van der Waals surface area contributed by atoms with E-state index in [0.29, 0.717) is 0 Å². The molecule has 3 aliphatic rings. The highest BCUT2D eigenvalue weighted by atomic mass is 19.3. The van der Waals surface area contributed by atoms with Crippen LogP contribution in [0.2, 0.25) is 0 Å². The molecule has 2 saturated heterocycles. The molecule has 2 aliphatic heterocycles. The molecule has 1 saturated carbocycles. The van der Waals surface area contributed by atoms with Crippen molar-refractivity contribution in [1.29, 1.82) is 0 Å². The lowest BCUT2D eigenvalue weighted by atomic mass is 9.62. The molecule has 0 aromatic rings. The van der Waals surface area contributed by atoms with E-state index in [4.69, 9.17) is 5.11 Å². The third-order valence-corrected chi connectivity index (χ3v) is 3.52. The van der Waals surface area contributed by atoms with Gasteiger partial charge < -0.3 is 10.0 Å². The van der Waals surface area contributed by atoms with Crippen LogP contribution in [0.4, 0.5) is 8.78 Å². The van der Waals surface area contributed by atoms with Gasteiger partial charge in [-0.1, -0.05) is 0 Å². The summed E-state index contributed by atoms with van der Waals surface area (Å²) in [5.74, 6) is -1.62. The number of halogens is 2. The smallest absolute Gasteiger partial charge is 0.329 e. The molecular formula is C9H11F2NO3. The summed E-state index contributed by atoms with van der Waals surface area (Å²) in [5.41, 5.74) is -2.63. The van der Waals surface area contributed by atoms with Crippen LogP contribution in [0.5, 0.6) is 0 Å². The SMILES string of the molecule is CC(=O)N1CC2(C(F)F)CC1(C(=O)O)C2. The Bertz CT molecular complexity index is 331. The predicted molar refractivity (Wildman–Crippen MR) is 45.4 cm³/mol. The maximum atomic E-state index is 12.7. The van der Waals surface area contributed by atoms with Crippen molar-refractivity contribution in [3.8, 4) is 0 Å². The summed E-state index contributed by atoms with van der Waals surface area (Å²) in [6.45, 7) is 1.08. The first-order valence-corrected chi connectivity index (χ1v) is 4.64. The Morgan fingerprint density at radius 3 is 2.20 bits per heavy atom. The lowest BCUT2D eigenvalue weighted by Crippen LogP contribution is -2.57. The number of rotatable bonds is 2. The largest absolute Gasteiger partial charge is 0.479 e. The number of hydrogen-bond donors (Lipinski definition) is 1. The van der Waals surface area contributed by atoms with Gasteiger partial charge in [-0.05, 0) is 12.8 Å². The Balaban J connectivity index is 2.31. The monoisotopic (exact) mass is 219 g/mol. The van der Waals surface area contributed by atoms with Crippen LogP contribution in [0.3, 0.4) is 0 Å². The molecule has 0 aromatic heterocycles. The molecule has 0 radical (unpaired) electrons. The maximum Gasteiger partial charge on any atom is 0.329 e. The molecule has 2 bridgehead atoms. The van der Waals surface area contributed by atoms with Gasteiger partial charge in [-0.2, -0.15) is 0 Å². The van der Waals surface area contributed by atoms with Crippen LogP contribution in [0.15, 0.2) is 0 Å². The topological polar surface area (TPSA) is 57.6 Å². The first-order chi connectivity index (χ1) is 6.84. The average Bonchev–Trinajstić information content (AvgIpc) is 2.52. The number of nitrogens with zero attached hydrogens (tertiary/aromatic N) is 1. The number of carboxylic acids is 1. The summed E-state index contributed by atoms with van der Waals surface area (Å²) < 4.78 is 25.4. The molecule has 0 spiro atoms. The summed E-state index contributed by atoms with van der Waals surface area (Å²) in [7, 11) is 0. The number of aliphatic carboxylic acids is 1. The fourth-order valence-corrected chi connectivity index (χ4v) is 2.78. The van der Waals surface area contributed by atoms with Crippen molar-refractivity contribution in [3.05, 3.63) is 0 Å². The fourth-order valence-electron chi connectivity index (χ4n) is 2.78. The fraction of sp³-hybridized carbons (Fsp3) is 0.778. The molecule has 3 rings (SSSR count). The number of alkyl halides is 2. The van der Waals surface area contributed by atoms with Gasteiger partial charge in [-0.15, -0.1) is 0 Å². The highest BCUT2D eigenvalue weighted by Crippen LogP contribution is 2.62. The molecule has 6 heteroatoms. The van der Waals surface area contributed by atoms with Crippen LogP contribution in [-0.2, 0) is 9.59 Å². The Labute approximate surface area is 84.9 Å². The van der Waals surface area contributed by atoms with Crippen LogP contribution in [0, 0.1) is 5.41 Å². The van der Waals surface area contributed by atoms with Gasteiger partial charge in [0.1, 0.15) is 5.54 Å². The van der Waals surface area contributed by atoms with E-state index in [0.717, 1.165) is 4.90 Å². The van der Waals surface area contributed by atoms with E-state index in [-0.39, 0.29) is 19.4 Å². The van der Waals surface area contributed by atoms with E-state index in [1.54, 1.807) is 0 Å². The van der Waals surface area contributed by atoms with Gasteiger partial charge in [0.05, 0.1) is 5.41 Å². The van der Waals surface area contributed by atoms with E-state index in [2.05, 4.69) is 0 Å². The molecule has 84 valence electrons. The number of amides is 1. The Morgan fingerprint density at radius 1 is 1.40 bits per heavy atom. The third kappa shape index (κ3) is 1.04. The minimum atomic E-state index is -2.56. The van der Waals surface area contributed by atoms with Crippen molar-refractivity contribution in [2.75, 3.05) is 6.54 Å². The normalized spacial score (nSPS) is 38.0. The Kier molecular flexibility index (Phi) is 1.84. The van der Waals surface area contributed by atoms with Gasteiger partial charge in [-0.3, -0.25) is 4.79 Å². The molecule has 1 N–H and O–H groups in total. The Hall–Kier alpha value is -1.20. The van der Waals surface area contributed by atoms with Gasteiger partial charge in [-0.25, -0.2) is 13.6 Å². The van der Waals surface area contributed by atoms with Crippen LogP contribution in [0.25, 0.3) is 0 Å². The van der Waals surface area contributed by atoms with Gasteiger partial charge in [0.25, 0.3) is 0 Å². The van der Waals surface area contributed by atoms with E-state index in [1.807, 2.05) is 0 Å². The summed E-state index contributed by atoms with van der Waals surface area (Å²) in [4.78, 5) is 23.2. The highest BCUT2D eigenvalue weighted by Gasteiger charge is 2.73. The van der Waals surface area contributed by atoms with E-state index in [1.165, 1.54) is 6.92 Å². The van der Waals surface area contributed by atoms with Gasteiger partial charge in [0.15, 0.2) is 0 Å². The molecule has 1 aliphatic carbocycles. The number of carbonyl (C=O) groups is 2.